The molecule has 1 aromatic heterocycles. The van der Waals surface area contributed by atoms with Crippen LogP contribution in [0.25, 0.3) is 0 Å². The van der Waals surface area contributed by atoms with Crippen molar-refractivity contribution in [2.24, 2.45) is 5.92 Å². The number of rotatable bonds is 5. The Kier molecular flexibility index (Phi) is 4.93. The SMILES string of the molecule is CCCNC(C)C1CCN(c2cccnn2)CC1. The Hall–Kier alpha value is -1.16. The number of hydrogen-bond donors (Lipinski definition) is 1. The first kappa shape index (κ1) is 13.3. The Balaban J connectivity index is 1.81. The monoisotopic (exact) mass is 248 g/mol. The second-order valence-corrected chi connectivity index (χ2v) is 5.15. The lowest BCUT2D eigenvalue weighted by molar-refractivity contribution is 0.311. The van der Waals surface area contributed by atoms with Crippen molar-refractivity contribution < 1.29 is 0 Å². The fraction of sp³-hybridized carbons (Fsp3) is 0.714. The number of nitrogens with zero attached hydrogens (tertiary/aromatic N) is 3. The lowest BCUT2D eigenvalue weighted by Crippen LogP contribution is -2.42. The van der Waals surface area contributed by atoms with Gasteiger partial charge in [-0.2, -0.15) is 5.10 Å². The van der Waals surface area contributed by atoms with Gasteiger partial charge in [0.2, 0.25) is 0 Å². The van der Waals surface area contributed by atoms with Crippen LogP contribution in [-0.4, -0.2) is 35.9 Å². The van der Waals surface area contributed by atoms with Gasteiger partial charge in [-0.15, -0.1) is 5.10 Å². The lowest BCUT2D eigenvalue weighted by atomic mass is 9.90. The largest absolute Gasteiger partial charge is 0.355 e. The van der Waals surface area contributed by atoms with Crippen LogP contribution in [0.2, 0.25) is 0 Å². The first-order valence-electron chi connectivity index (χ1n) is 7.07. The van der Waals surface area contributed by atoms with E-state index < -0.39 is 0 Å². The summed E-state index contributed by atoms with van der Waals surface area (Å²) < 4.78 is 0. The predicted octanol–water partition coefficient (Wildman–Crippen LogP) is 2.08. The molecule has 4 heteroatoms. The highest BCUT2D eigenvalue weighted by Crippen LogP contribution is 2.23. The van der Waals surface area contributed by atoms with Gasteiger partial charge in [0.05, 0.1) is 0 Å². The number of hydrogen-bond acceptors (Lipinski definition) is 4. The van der Waals surface area contributed by atoms with Gasteiger partial charge in [0, 0.05) is 25.3 Å². The molecular formula is C14H24N4. The molecule has 0 bridgehead atoms. The normalized spacial score (nSPS) is 18.9. The number of aromatic nitrogens is 2. The first-order chi connectivity index (χ1) is 8.81. The average molecular weight is 248 g/mol. The fourth-order valence-electron chi connectivity index (χ4n) is 2.63. The van der Waals surface area contributed by atoms with Gasteiger partial charge in [-0.25, -0.2) is 0 Å². The topological polar surface area (TPSA) is 41.0 Å². The van der Waals surface area contributed by atoms with Crippen LogP contribution in [0.4, 0.5) is 5.82 Å². The zero-order valence-electron chi connectivity index (χ0n) is 11.5. The zero-order valence-corrected chi connectivity index (χ0v) is 11.5. The van der Waals surface area contributed by atoms with Crippen LogP contribution in [0.3, 0.4) is 0 Å². The molecule has 4 nitrogen and oxygen atoms in total. The van der Waals surface area contributed by atoms with Crippen LogP contribution in [-0.2, 0) is 0 Å². The van der Waals surface area contributed by atoms with Gasteiger partial charge in [-0.05, 0) is 50.8 Å². The molecule has 1 aromatic rings. The van der Waals surface area contributed by atoms with E-state index in [-0.39, 0.29) is 0 Å². The summed E-state index contributed by atoms with van der Waals surface area (Å²) >= 11 is 0. The minimum atomic E-state index is 0.633. The van der Waals surface area contributed by atoms with Crippen molar-refractivity contribution in [2.75, 3.05) is 24.5 Å². The molecular weight excluding hydrogens is 224 g/mol. The Morgan fingerprint density at radius 1 is 1.44 bits per heavy atom. The standard InChI is InChI=1S/C14H24N4/c1-3-8-15-12(2)13-6-10-18(11-7-13)14-5-4-9-16-17-14/h4-5,9,12-13,15H,3,6-8,10-11H2,1-2H3. The van der Waals surface area contributed by atoms with Crippen molar-refractivity contribution in [3.8, 4) is 0 Å². The van der Waals surface area contributed by atoms with Crippen LogP contribution >= 0.6 is 0 Å². The molecule has 1 fully saturated rings. The summed E-state index contributed by atoms with van der Waals surface area (Å²) in [4.78, 5) is 2.34. The van der Waals surface area contributed by atoms with E-state index in [9.17, 15) is 0 Å². The Bertz CT molecular complexity index is 333. The summed E-state index contributed by atoms with van der Waals surface area (Å²) in [7, 11) is 0. The van der Waals surface area contributed by atoms with Gasteiger partial charge in [0.15, 0.2) is 5.82 Å². The van der Waals surface area contributed by atoms with Gasteiger partial charge < -0.3 is 10.2 Å². The van der Waals surface area contributed by atoms with E-state index in [2.05, 4.69) is 34.3 Å². The van der Waals surface area contributed by atoms with Crippen molar-refractivity contribution >= 4 is 5.82 Å². The fourth-order valence-corrected chi connectivity index (χ4v) is 2.63. The predicted molar refractivity (Wildman–Crippen MR) is 74.7 cm³/mol. The Labute approximate surface area is 110 Å². The molecule has 0 aromatic carbocycles. The molecule has 1 aliphatic heterocycles. The molecule has 1 atom stereocenters. The van der Waals surface area contributed by atoms with Crippen LogP contribution < -0.4 is 10.2 Å². The number of anilines is 1. The summed E-state index contributed by atoms with van der Waals surface area (Å²) in [5.41, 5.74) is 0. The van der Waals surface area contributed by atoms with Gasteiger partial charge in [0.25, 0.3) is 0 Å². The molecule has 0 aliphatic carbocycles. The maximum absolute atomic E-state index is 4.18. The summed E-state index contributed by atoms with van der Waals surface area (Å²) in [6.07, 6.45) is 5.43. The highest BCUT2D eigenvalue weighted by Gasteiger charge is 2.24. The van der Waals surface area contributed by atoms with Crippen molar-refractivity contribution in [3.05, 3.63) is 18.3 Å². The highest BCUT2D eigenvalue weighted by atomic mass is 15.3. The third-order valence-corrected chi connectivity index (χ3v) is 3.85. The molecule has 1 unspecified atom stereocenters. The summed E-state index contributed by atoms with van der Waals surface area (Å²) in [6, 6.07) is 4.64. The van der Waals surface area contributed by atoms with E-state index in [1.807, 2.05) is 12.1 Å². The number of nitrogens with one attached hydrogen (secondary N) is 1. The minimum Gasteiger partial charge on any atom is -0.355 e. The average Bonchev–Trinajstić information content (AvgIpc) is 2.46. The lowest BCUT2D eigenvalue weighted by Gasteiger charge is -2.35. The van der Waals surface area contributed by atoms with Crippen LogP contribution in [0.1, 0.15) is 33.1 Å². The summed E-state index contributed by atoms with van der Waals surface area (Å²) in [5.74, 6) is 1.81. The van der Waals surface area contributed by atoms with Crippen molar-refractivity contribution in [2.45, 2.75) is 39.2 Å². The van der Waals surface area contributed by atoms with Crippen molar-refractivity contribution in [1.29, 1.82) is 0 Å². The number of piperidine rings is 1. The van der Waals surface area contributed by atoms with Gasteiger partial charge in [0.1, 0.15) is 0 Å². The van der Waals surface area contributed by atoms with Crippen LogP contribution in [0.15, 0.2) is 18.3 Å². The van der Waals surface area contributed by atoms with Crippen molar-refractivity contribution in [3.63, 3.8) is 0 Å². The van der Waals surface area contributed by atoms with E-state index in [0.717, 1.165) is 31.4 Å². The van der Waals surface area contributed by atoms with E-state index in [4.69, 9.17) is 0 Å². The Morgan fingerprint density at radius 2 is 2.22 bits per heavy atom. The van der Waals surface area contributed by atoms with Crippen molar-refractivity contribution in [1.82, 2.24) is 15.5 Å². The third kappa shape index (κ3) is 3.42. The maximum Gasteiger partial charge on any atom is 0.151 e. The third-order valence-electron chi connectivity index (χ3n) is 3.85. The smallest absolute Gasteiger partial charge is 0.151 e. The second kappa shape index (κ2) is 6.69. The summed E-state index contributed by atoms with van der Waals surface area (Å²) in [6.45, 7) is 7.86. The molecule has 1 N–H and O–H groups in total. The van der Waals surface area contributed by atoms with Crippen LogP contribution in [0, 0.1) is 5.92 Å². The molecule has 100 valence electrons. The van der Waals surface area contributed by atoms with Crippen LogP contribution in [0.5, 0.6) is 0 Å². The van der Waals surface area contributed by atoms with E-state index in [0.29, 0.717) is 6.04 Å². The van der Waals surface area contributed by atoms with Gasteiger partial charge in [-0.3, -0.25) is 0 Å². The molecule has 2 heterocycles. The molecule has 0 amide bonds. The molecule has 0 saturated carbocycles. The van der Waals surface area contributed by atoms with E-state index in [1.54, 1.807) is 6.20 Å². The molecule has 1 saturated heterocycles. The van der Waals surface area contributed by atoms with E-state index in [1.165, 1.54) is 19.3 Å². The minimum absolute atomic E-state index is 0.633. The second-order valence-electron chi connectivity index (χ2n) is 5.15. The molecule has 0 spiro atoms. The molecule has 2 rings (SSSR count). The summed E-state index contributed by atoms with van der Waals surface area (Å²) in [5, 5.41) is 11.7. The van der Waals surface area contributed by atoms with Gasteiger partial charge >= 0.3 is 0 Å². The molecule has 1 aliphatic rings. The zero-order chi connectivity index (χ0) is 12.8. The first-order valence-corrected chi connectivity index (χ1v) is 7.07. The maximum atomic E-state index is 4.18. The Morgan fingerprint density at radius 3 is 2.83 bits per heavy atom. The quantitative estimate of drug-likeness (QED) is 0.866. The highest BCUT2D eigenvalue weighted by molar-refractivity contribution is 5.36. The van der Waals surface area contributed by atoms with E-state index >= 15 is 0 Å². The molecule has 0 radical (unpaired) electrons. The molecule has 18 heavy (non-hydrogen) atoms. The van der Waals surface area contributed by atoms with Gasteiger partial charge in [-0.1, -0.05) is 6.92 Å².